The van der Waals surface area contributed by atoms with Gasteiger partial charge in [0.1, 0.15) is 17.3 Å². The number of halogens is 2. The summed E-state index contributed by atoms with van der Waals surface area (Å²) in [5, 5.41) is 11.8. The van der Waals surface area contributed by atoms with E-state index >= 15 is 0 Å². The van der Waals surface area contributed by atoms with Crippen LogP contribution >= 0.6 is 11.6 Å². The number of carbonyl (C=O) groups is 2. The normalized spacial score (nSPS) is 11.5. The average Bonchev–Trinajstić information content (AvgIpc) is 2.66. The zero-order valence-corrected chi connectivity index (χ0v) is 15.3. The molecule has 0 fully saturated rings. The van der Waals surface area contributed by atoms with Crippen molar-refractivity contribution in [1.29, 1.82) is 0 Å². The SMILES string of the molecule is COc1ccccc1CC(CNC(=O)COc1ccc(F)c(Cl)c1)C(=O)O. The third-order valence-corrected chi connectivity index (χ3v) is 4.10. The first kappa shape index (κ1) is 20.5. The lowest BCUT2D eigenvalue weighted by Crippen LogP contribution is -2.36. The summed E-state index contributed by atoms with van der Waals surface area (Å²) in [5.74, 6) is -2.12. The third kappa shape index (κ3) is 6.14. The predicted molar refractivity (Wildman–Crippen MR) is 97.7 cm³/mol. The van der Waals surface area contributed by atoms with Gasteiger partial charge in [-0.1, -0.05) is 29.8 Å². The molecule has 2 aromatic rings. The number of methoxy groups -OCH3 is 1. The smallest absolute Gasteiger partial charge is 0.308 e. The van der Waals surface area contributed by atoms with Gasteiger partial charge in [0.05, 0.1) is 18.1 Å². The summed E-state index contributed by atoms with van der Waals surface area (Å²) in [7, 11) is 1.51. The van der Waals surface area contributed by atoms with Crippen LogP contribution < -0.4 is 14.8 Å². The summed E-state index contributed by atoms with van der Waals surface area (Å²) in [4.78, 5) is 23.4. The van der Waals surface area contributed by atoms with E-state index in [1.807, 2.05) is 0 Å². The number of rotatable bonds is 9. The van der Waals surface area contributed by atoms with Gasteiger partial charge in [-0.2, -0.15) is 0 Å². The quantitative estimate of drug-likeness (QED) is 0.682. The van der Waals surface area contributed by atoms with E-state index in [-0.39, 0.29) is 30.3 Å². The second kappa shape index (κ2) is 9.78. The average molecular weight is 396 g/mol. The number of nitrogens with one attached hydrogen (secondary N) is 1. The summed E-state index contributed by atoms with van der Waals surface area (Å²) in [6.45, 7) is -0.414. The maximum atomic E-state index is 13.1. The van der Waals surface area contributed by atoms with E-state index in [1.165, 1.54) is 19.2 Å². The van der Waals surface area contributed by atoms with Crippen LogP contribution in [-0.2, 0) is 16.0 Å². The van der Waals surface area contributed by atoms with Crippen LogP contribution in [0.25, 0.3) is 0 Å². The first-order valence-electron chi connectivity index (χ1n) is 8.10. The third-order valence-electron chi connectivity index (χ3n) is 3.81. The van der Waals surface area contributed by atoms with Crippen molar-refractivity contribution in [3.63, 3.8) is 0 Å². The van der Waals surface area contributed by atoms with E-state index in [1.54, 1.807) is 24.3 Å². The number of carboxylic acids is 1. The number of para-hydroxylation sites is 1. The summed E-state index contributed by atoms with van der Waals surface area (Å²) in [6, 6.07) is 10.8. The van der Waals surface area contributed by atoms with E-state index < -0.39 is 23.6 Å². The Bertz CT molecular complexity index is 814. The van der Waals surface area contributed by atoms with E-state index in [0.717, 1.165) is 11.6 Å². The number of carboxylic acid groups (broad SMARTS) is 1. The van der Waals surface area contributed by atoms with Gasteiger partial charge >= 0.3 is 5.97 Å². The van der Waals surface area contributed by atoms with Gasteiger partial charge in [-0.25, -0.2) is 4.39 Å². The van der Waals surface area contributed by atoms with Gasteiger partial charge in [0.15, 0.2) is 6.61 Å². The van der Waals surface area contributed by atoms with Crippen molar-refractivity contribution in [2.45, 2.75) is 6.42 Å². The molecule has 0 saturated carbocycles. The molecule has 0 spiro atoms. The van der Waals surface area contributed by atoms with Crippen LogP contribution in [0.5, 0.6) is 11.5 Å². The van der Waals surface area contributed by atoms with Crippen molar-refractivity contribution in [2.24, 2.45) is 5.92 Å². The Morgan fingerprint density at radius 1 is 1.26 bits per heavy atom. The molecule has 0 aliphatic heterocycles. The molecule has 0 bridgehead atoms. The van der Waals surface area contributed by atoms with E-state index in [9.17, 15) is 19.1 Å². The Morgan fingerprint density at radius 3 is 2.67 bits per heavy atom. The van der Waals surface area contributed by atoms with Crippen LogP contribution in [0.1, 0.15) is 5.56 Å². The molecule has 27 heavy (non-hydrogen) atoms. The molecule has 0 heterocycles. The van der Waals surface area contributed by atoms with Crippen molar-refractivity contribution in [1.82, 2.24) is 5.32 Å². The number of carbonyl (C=O) groups excluding carboxylic acids is 1. The van der Waals surface area contributed by atoms with Gasteiger partial charge in [0, 0.05) is 12.6 Å². The van der Waals surface area contributed by atoms with Gasteiger partial charge in [0.2, 0.25) is 0 Å². The highest BCUT2D eigenvalue weighted by Crippen LogP contribution is 2.22. The highest BCUT2D eigenvalue weighted by molar-refractivity contribution is 6.30. The Hall–Kier alpha value is -2.80. The molecular weight excluding hydrogens is 377 g/mol. The van der Waals surface area contributed by atoms with Gasteiger partial charge in [-0.05, 0) is 30.2 Å². The van der Waals surface area contributed by atoms with E-state index in [4.69, 9.17) is 21.1 Å². The maximum absolute atomic E-state index is 13.1. The molecular formula is C19H19ClFNO5. The molecule has 0 saturated heterocycles. The topological polar surface area (TPSA) is 84.9 Å². The predicted octanol–water partition coefficient (Wildman–Crippen LogP) is 2.93. The lowest BCUT2D eigenvalue weighted by Gasteiger charge is -2.15. The molecule has 8 heteroatoms. The van der Waals surface area contributed by atoms with Crippen LogP contribution in [0, 0.1) is 11.7 Å². The molecule has 1 unspecified atom stereocenters. The minimum atomic E-state index is -1.03. The molecule has 144 valence electrons. The van der Waals surface area contributed by atoms with Crippen LogP contribution in [0.3, 0.4) is 0 Å². The molecule has 1 amide bonds. The van der Waals surface area contributed by atoms with E-state index in [2.05, 4.69) is 5.32 Å². The monoisotopic (exact) mass is 395 g/mol. The van der Waals surface area contributed by atoms with Crippen LogP contribution in [0.15, 0.2) is 42.5 Å². The molecule has 6 nitrogen and oxygen atoms in total. The molecule has 2 rings (SSSR count). The second-order valence-electron chi connectivity index (χ2n) is 5.72. The number of ether oxygens (including phenoxy) is 2. The minimum absolute atomic E-state index is 0.0697. The lowest BCUT2D eigenvalue weighted by atomic mass is 9.98. The zero-order chi connectivity index (χ0) is 19.8. The summed E-state index contributed by atoms with van der Waals surface area (Å²) >= 11 is 5.64. The zero-order valence-electron chi connectivity index (χ0n) is 14.6. The van der Waals surface area contributed by atoms with Gasteiger partial charge < -0.3 is 19.9 Å². The largest absolute Gasteiger partial charge is 0.496 e. The number of aliphatic carboxylic acids is 1. The number of hydrogen-bond donors (Lipinski definition) is 2. The molecule has 0 aliphatic carbocycles. The summed E-state index contributed by atoms with van der Waals surface area (Å²) in [6.07, 6.45) is 0.202. The van der Waals surface area contributed by atoms with E-state index in [0.29, 0.717) is 5.75 Å². The number of benzene rings is 2. The van der Waals surface area contributed by atoms with Crippen molar-refractivity contribution in [3.05, 3.63) is 58.9 Å². The minimum Gasteiger partial charge on any atom is -0.496 e. The van der Waals surface area contributed by atoms with Crippen molar-refractivity contribution in [3.8, 4) is 11.5 Å². The summed E-state index contributed by atoms with van der Waals surface area (Å²) < 4.78 is 23.5. The first-order chi connectivity index (χ1) is 12.9. The number of hydrogen-bond acceptors (Lipinski definition) is 4. The Labute approximate surface area is 160 Å². The van der Waals surface area contributed by atoms with Gasteiger partial charge in [-0.3, -0.25) is 9.59 Å². The van der Waals surface area contributed by atoms with Gasteiger partial charge in [0.25, 0.3) is 5.91 Å². The van der Waals surface area contributed by atoms with Crippen molar-refractivity contribution < 1.29 is 28.6 Å². The standard InChI is InChI=1S/C19H19ClFNO5/c1-26-17-5-3-2-4-12(17)8-13(19(24)25)10-22-18(23)11-27-14-6-7-16(21)15(20)9-14/h2-7,9,13H,8,10-11H2,1H3,(H,22,23)(H,24,25). The van der Waals surface area contributed by atoms with Gasteiger partial charge in [-0.15, -0.1) is 0 Å². The van der Waals surface area contributed by atoms with Crippen LogP contribution in [0.4, 0.5) is 4.39 Å². The Balaban J connectivity index is 1.88. The molecule has 0 aliphatic rings. The fourth-order valence-electron chi connectivity index (χ4n) is 2.39. The Morgan fingerprint density at radius 2 is 2.00 bits per heavy atom. The number of amides is 1. The van der Waals surface area contributed by atoms with Crippen LogP contribution in [-0.4, -0.2) is 37.2 Å². The molecule has 0 aromatic heterocycles. The summed E-state index contributed by atoms with van der Waals surface area (Å²) in [5.41, 5.74) is 0.735. The Kier molecular flexibility index (Phi) is 7.43. The maximum Gasteiger partial charge on any atom is 0.308 e. The van der Waals surface area contributed by atoms with Crippen molar-refractivity contribution >= 4 is 23.5 Å². The second-order valence-corrected chi connectivity index (χ2v) is 6.13. The lowest BCUT2D eigenvalue weighted by molar-refractivity contribution is -0.141. The molecule has 2 aromatic carbocycles. The van der Waals surface area contributed by atoms with Crippen LogP contribution in [0.2, 0.25) is 5.02 Å². The molecule has 0 radical (unpaired) electrons. The fourth-order valence-corrected chi connectivity index (χ4v) is 2.56. The molecule has 2 N–H and O–H groups in total. The fraction of sp³-hybridized carbons (Fsp3) is 0.263. The first-order valence-corrected chi connectivity index (χ1v) is 8.47. The molecule has 1 atom stereocenters. The highest BCUT2D eigenvalue weighted by Gasteiger charge is 2.20. The van der Waals surface area contributed by atoms with Crippen molar-refractivity contribution in [2.75, 3.05) is 20.3 Å². The highest BCUT2D eigenvalue weighted by atomic mass is 35.5.